The number of rotatable bonds is 1. The Morgan fingerprint density at radius 2 is 2.00 bits per heavy atom. The van der Waals surface area contributed by atoms with E-state index >= 15 is 0 Å². The van der Waals surface area contributed by atoms with Gasteiger partial charge in [0.05, 0.1) is 25.0 Å². The summed E-state index contributed by atoms with van der Waals surface area (Å²) in [4.78, 5) is 8.23. The number of aryl methyl sites for hydroxylation is 1. The normalized spacial score (nSPS) is 11.2. The maximum absolute atomic E-state index is 13.2. The van der Waals surface area contributed by atoms with E-state index in [1.165, 1.54) is 12.3 Å². The van der Waals surface area contributed by atoms with Crippen LogP contribution in [0, 0.1) is 5.82 Å². The fraction of sp³-hybridized carbons (Fsp3) is 0.167. The number of methoxy groups -OCH3 is 1. The smallest absolute Gasteiger partial charge is 0.213 e. The lowest BCUT2D eigenvalue weighted by molar-refractivity contribution is 0.398. The van der Waals surface area contributed by atoms with Crippen LogP contribution in [0.1, 0.15) is 0 Å². The minimum Gasteiger partial charge on any atom is -0.481 e. The van der Waals surface area contributed by atoms with Gasteiger partial charge in [0.15, 0.2) is 0 Å². The van der Waals surface area contributed by atoms with Crippen LogP contribution in [0.15, 0.2) is 24.5 Å². The van der Waals surface area contributed by atoms with Crippen LogP contribution >= 0.6 is 0 Å². The molecule has 3 aromatic rings. The summed E-state index contributed by atoms with van der Waals surface area (Å²) in [5, 5.41) is 1.66. The Kier molecular flexibility index (Phi) is 2.01. The quantitative estimate of drug-likeness (QED) is 0.645. The average Bonchev–Trinajstić information content (AvgIpc) is 2.62. The highest BCUT2D eigenvalue weighted by Crippen LogP contribution is 2.28. The zero-order chi connectivity index (χ0) is 12.0. The standard InChI is InChI=1S/C12H10FN3O/c1-16-10-6-14-11(17-2)4-8(10)9-3-7(13)5-15-12(9)16/h3-6H,1-2H3. The molecule has 0 spiro atoms. The lowest BCUT2D eigenvalue weighted by atomic mass is 10.2. The molecule has 5 heteroatoms. The molecule has 0 aliphatic heterocycles. The van der Waals surface area contributed by atoms with Gasteiger partial charge >= 0.3 is 0 Å². The zero-order valence-corrected chi connectivity index (χ0v) is 9.44. The third kappa shape index (κ3) is 1.35. The molecule has 3 heterocycles. The van der Waals surface area contributed by atoms with Crippen LogP contribution in [0.4, 0.5) is 4.39 Å². The van der Waals surface area contributed by atoms with Crippen molar-refractivity contribution in [3.63, 3.8) is 0 Å². The van der Waals surface area contributed by atoms with Gasteiger partial charge in [0.1, 0.15) is 11.5 Å². The second-order valence-electron chi connectivity index (χ2n) is 3.83. The first-order valence-electron chi connectivity index (χ1n) is 5.14. The number of halogens is 1. The Bertz CT molecular complexity index is 720. The van der Waals surface area contributed by atoms with Crippen molar-refractivity contribution >= 4 is 21.9 Å². The van der Waals surface area contributed by atoms with Crippen molar-refractivity contribution in [2.24, 2.45) is 7.05 Å². The largest absolute Gasteiger partial charge is 0.481 e. The first-order valence-corrected chi connectivity index (χ1v) is 5.14. The summed E-state index contributed by atoms with van der Waals surface area (Å²) in [6.45, 7) is 0. The van der Waals surface area contributed by atoms with Gasteiger partial charge in [0.25, 0.3) is 0 Å². The molecule has 0 fully saturated rings. The molecule has 0 aliphatic carbocycles. The first-order chi connectivity index (χ1) is 8.20. The fourth-order valence-corrected chi connectivity index (χ4v) is 2.04. The summed E-state index contributed by atoms with van der Waals surface area (Å²) in [5.41, 5.74) is 1.63. The number of nitrogens with zero attached hydrogens (tertiary/aromatic N) is 3. The number of ether oxygens (including phenoxy) is 1. The number of hydrogen-bond donors (Lipinski definition) is 0. The predicted molar refractivity (Wildman–Crippen MR) is 62.5 cm³/mol. The first kappa shape index (κ1) is 10.0. The van der Waals surface area contributed by atoms with Gasteiger partial charge in [-0.1, -0.05) is 0 Å². The van der Waals surface area contributed by atoms with E-state index in [4.69, 9.17) is 4.74 Å². The van der Waals surface area contributed by atoms with E-state index in [9.17, 15) is 4.39 Å². The van der Waals surface area contributed by atoms with E-state index in [1.807, 2.05) is 11.6 Å². The van der Waals surface area contributed by atoms with Gasteiger partial charge in [-0.25, -0.2) is 14.4 Å². The second kappa shape index (κ2) is 3.41. The number of fused-ring (bicyclic) bond motifs is 3. The molecule has 3 rings (SSSR count). The monoisotopic (exact) mass is 231 g/mol. The number of aromatic nitrogens is 3. The minimum absolute atomic E-state index is 0.347. The average molecular weight is 231 g/mol. The van der Waals surface area contributed by atoms with Crippen LogP contribution in [-0.4, -0.2) is 21.6 Å². The van der Waals surface area contributed by atoms with Gasteiger partial charge in [0, 0.05) is 23.9 Å². The van der Waals surface area contributed by atoms with E-state index in [1.54, 1.807) is 19.4 Å². The number of pyridine rings is 2. The molecule has 0 amide bonds. The van der Waals surface area contributed by atoms with Gasteiger partial charge in [-0.15, -0.1) is 0 Å². The molecule has 86 valence electrons. The predicted octanol–water partition coefficient (Wildman–Crippen LogP) is 2.27. The molecule has 0 unspecified atom stereocenters. The molecule has 4 nitrogen and oxygen atoms in total. The Morgan fingerprint density at radius 3 is 2.76 bits per heavy atom. The summed E-state index contributed by atoms with van der Waals surface area (Å²) in [5.74, 6) is 0.162. The van der Waals surface area contributed by atoms with Crippen molar-refractivity contribution in [2.75, 3.05) is 7.11 Å². The highest BCUT2D eigenvalue weighted by molar-refractivity contribution is 6.06. The van der Waals surface area contributed by atoms with Crippen molar-refractivity contribution in [3.8, 4) is 5.88 Å². The number of hydrogen-bond acceptors (Lipinski definition) is 3. The van der Waals surface area contributed by atoms with Gasteiger partial charge in [-0.05, 0) is 6.07 Å². The van der Waals surface area contributed by atoms with Crippen molar-refractivity contribution in [1.29, 1.82) is 0 Å². The van der Waals surface area contributed by atoms with Crippen molar-refractivity contribution < 1.29 is 9.13 Å². The molecule has 0 atom stereocenters. The lowest BCUT2D eigenvalue weighted by Gasteiger charge is -1.98. The molecule has 3 aromatic heterocycles. The third-order valence-electron chi connectivity index (χ3n) is 2.87. The van der Waals surface area contributed by atoms with Crippen LogP contribution < -0.4 is 4.74 Å². The van der Waals surface area contributed by atoms with Crippen molar-refractivity contribution in [1.82, 2.24) is 14.5 Å². The summed E-state index contributed by atoms with van der Waals surface area (Å²) in [6.07, 6.45) is 2.92. The molecule has 0 aromatic carbocycles. The van der Waals surface area contributed by atoms with Crippen molar-refractivity contribution in [3.05, 3.63) is 30.3 Å². The molecule has 0 aliphatic rings. The zero-order valence-electron chi connectivity index (χ0n) is 9.44. The van der Waals surface area contributed by atoms with Crippen LogP contribution in [0.5, 0.6) is 5.88 Å². The molecule has 0 N–H and O–H groups in total. The SMILES string of the molecule is COc1cc2c3cc(F)cnc3n(C)c2cn1. The van der Waals surface area contributed by atoms with E-state index in [2.05, 4.69) is 9.97 Å². The van der Waals surface area contributed by atoms with E-state index in [0.717, 1.165) is 21.9 Å². The van der Waals surface area contributed by atoms with Crippen molar-refractivity contribution in [2.45, 2.75) is 0 Å². The van der Waals surface area contributed by atoms with Gasteiger partial charge < -0.3 is 9.30 Å². The summed E-state index contributed by atoms with van der Waals surface area (Å²) >= 11 is 0. The Balaban J connectivity index is 2.51. The molecule has 0 saturated carbocycles. The van der Waals surface area contributed by atoms with Gasteiger partial charge in [0.2, 0.25) is 5.88 Å². The molecule has 0 bridgehead atoms. The maximum Gasteiger partial charge on any atom is 0.213 e. The Morgan fingerprint density at radius 1 is 1.18 bits per heavy atom. The fourth-order valence-electron chi connectivity index (χ4n) is 2.04. The molecule has 17 heavy (non-hydrogen) atoms. The molecular formula is C12H10FN3O. The maximum atomic E-state index is 13.2. The molecular weight excluding hydrogens is 221 g/mol. The van der Waals surface area contributed by atoms with E-state index in [-0.39, 0.29) is 5.82 Å². The highest BCUT2D eigenvalue weighted by atomic mass is 19.1. The van der Waals surface area contributed by atoms with E-state index < -0.39 is 0 Å². The van der Waals surface area contributed by atoms with Crippen LogP contribution in [0.25, 0.3) is 21.9 Å². The third-order valence-corrected chi connectivity index (χ3v) is 2.87. The topological polar surface area (TPSA) is 39.9 Å². The van der Waals surface area contributed by atoms with Gasteiger partial charge in [-0.3, -0.25) is 0 Å². The summed E-state index contributed by atoms with van der Waals surface area (Å²) in [6, 6.07) is 3.27. The van der Waals surface area contributed by atoms with Crippen LogP contribution in [-0.2, 0) is 7.05 Å². The highest BCUT2D eigenvalue weighted by Gasteiger charge is 2.11. The summed E-state index contributed by atoms with van der Waals surface area (Å²) < 4.78 is 20.2. The van der Waals surface area contributed by atoms with Crippen LogP contribution in [0.3, 0.4) is 0 Å². The Labute approximate surface area is 96.7 Å². The second-order valence-corrected chi connectivity index (χ2v) is 3.83. The lowest BCUT2D eigenvalue weighted by Crippen LogP contribution is -1.91. The summed E-state index contributed by atoms with van der Waals surface area (Å²) in [7, 11) is 3.43. The molecule has 0 radical (unpaired) electrons. The molecule has 0 saturated heterocycles. The Hall–Kier alpha value is -2.17. The minimum atomic E-state index is -0.347. The van der Waals surface area contributed by atoms with Crippen LogP contribution in [0.2, 0.25) is 0 Å². The van der Waals surface area contributed by atoms with E-state index in [0.29, 0.717) is 5.88 Å². The van der Waals surface area contributed by atoms with Gasteiger partial charge in [-0.2, -0.15) is 0 Å².